The summed E-state index contributed by atoms with van der Waals surface area (Å²) in [6.45, 7) is 8.56. The molecule has 1 heterocycles. The Morgan fingerprint density at radius 3 is 1.07 bits per heavy atom. The standard InChI is InChI=1S/C18H34O3.2C12H24O2.C2H7N.CH2O2/c1-3-5-6-7-8-9-10-11-12-13-17(19)21-18-15-14-16(4-2)20-18;2*1-2-3-4-5-6-7-8-9-10-11-12(13)14;1-3-2;2-1-3/h16,18H,3-15H2,1-2H3;2*2-11H2,1H3,(H,13,14);3H,1-2H3;1H,(H,2,3)/t16?,18-;;;;/m0..../s1. The van der Waals surface area contributed by atoms with E-state index in [4.69, 9.17) is 29.6 Å². The van der Waals surface area contributed by atoms with Gasteiger partial charge >= 0.3 is 17.9 Å². The summed E-state index contributed by atoms with van der Waals surface area (Å²) in [5.41, 5.74) is 0. The third-order valence-electron chi connectivity index (χ3n) is 9.26. The van der Waals surface area contributed by atoms with E-state index in [0.29, 0.717) is 19.3 Å². The molecule has 1 aliphatic heterocycles. The molecular formula is C45H91NO9. The molecule has 0 aromatic heterocycles. The topological polar surface area (TPSA) is 159 Å². The largest absolute Gasteiger partial charge is 0.483 e. The van der Waals surface area contributed by atoms with Gasteiger partial charge in [0.05, 0.1) is 6.10 Å². The van der Waals surface area contributed by atoms with Crippen molar-refractivity contribution < 1.29 is 44.0 Å². The molecule has 0 amide bonds. The van der Waals surface area contributed by atoms with Crippen LogP contribution < -0.4 is 5.32 Å². The van der Waals surface area contributed by atoms with Crippen molar-refractivity contribution in [3.05, 3.63) is 0 Å². The molecule has 1 aliphatic rings. The number of unbranched alkanes of at least 4 members (excludes halogenated alkanes) is 24. The fourth-order valence-corrected chi connectivity index (χ4v) is 6.02. The van der Waals surface area contributed by atoms with Crippen molar-refractivity contribution >= 4 is 24.4 Å². The molecule has 0 aliphatic carbocycles. The summed E-state index contributed by atoms with van der Waals surface area (Å²) in [5.74, 6) is -1.40. The normalized spacial score (nSPS) is 14.1. The van der Waals surface area contributed by atoms with Gasteiger partial charge in [-0.25, -0.2) is 0 Å². The monoisotopic (exact) mass is 790 g/mol. The Labute approximate surface area is 339 Å². The van der Waals surface area contributed by atoms with Gasteiger partial charge in [-0.2, -0.15) is 0 Å². The highest BCUT2D eigenvalue weighted by molar-refractivity contribution is 5.69. The summed E-state index contributed by atoms with van der Waals surface area (Å²) >= 11 is 0. The van der Waals surface area contributed by atoms with E-state index in [2.05, 4.69) is 33.0 Å². The third-order valence-corrected chi connectivity index (χ3v) is 9.26. The van der Waals surface area contributed by atoms with Crippen molar-refractivity contribution in [2.45, 2.75) is 252 Å². The average Bonchev–Trinajstić information content (AvgIpc) is 3.61. The Bertz CT molecular complexity index is 749. The number of esters is 1. The van der Waals surface area contributed by atoms with Crippen molar-refractivity contribution in [3.8, 4) is 0 Å². The number of carboxylic acids is 2. The summed E-state index contributed by atoms with van der Waals surface area (Å²) in [6, 6.07) is 0. The lowest BCUT2D eigenvalue weighted by atomic mass is 10.1. The van der Waals surface area contributed by atoms with Gasteiger partial charge in [-0.05, 0) is 46.2 Å². The Hall–Kier alpha value is -2.20. The second-order valence-electron chi connectivity index (χ2n) is 14.8. The maximum Gasteiger partial charge on any atom is 0.308 e. The average molecular weight is 790 g/mol. The van der Waals surface area contributed by atoms with Crippen LogP contribution in [0.15, 0.2) is 0 Å². The van der Waals surface area contributed by atoms with Crippen LogP contribution in [0, 0.1) is 0 Å². The second-order valence-corrected chi connectivity index (χ2v) is 14.8. The van der Waals surface area contributed by atoms with Crippen molar-refractivity contribution in [3.63, 3.8) is 0 Å². The number of hydrogen-bond acceptors (Lipinski definition) is 7. The lowest BCUT2D eigenvalue weighted by Crippen LogP contribution is -2.18. The molecule has 4 N–H and O–H groups in total. The van der Waals surface area contributed by atoms with E-state index >= 15 is 0 Å². The first-order valence-electron chi connectivity index (χ1n) is 22.6. The number of hydrogen-bond donors (Lipinski definition) is 4. The van der Waals surface area contributed by atoms with Crippen LogP contribution >= 0.6 is 0 Å². The van der Waals surface area contributed by atoms with Gasteiger partial charge in [-0.3, -0.25) is 19.2 Å². The maximum absolute atomic E-state index is 11.7. The van der Waals surface area contributed by atoms with Crippen LogP contribution in [-0.4, -0.2) is 66.2 Å². The first kappa shape index (κ1) is 59.5. The quantitative estimate of drug-likeness (QED) is 0.0293. The fraction of sp³-hybridized carbons (Fsp3) is 0.911. The van der Waals surface area contributed by atoms with E-state index in [0.717, 1.165) is 57.8 Å². The first-order valence-corrected chi connectivity index (χ1v) is 22.6. The van der Waals surface area contributed by atoms with Crippen molar-refractivity contribution in [1.82, 2.24) is 5.32 Å². The van der Waals surface area contributed by atoms with Gasteiger partial charge in [0.25, 0.3) is 6.47 Å². The third kappa shape index (κ3) is 61.2. The minimum atomic E-state index is -0.659. The molecule has 1 fully saturated rings. The van der Waals surface area contributed by atoms with Gasteiger partial charge < -0.3 is 30.1 Å². The van der Waals surface area contributed by atoms with Crippen LogP contribution in [0.3, 0.4) is 0 Å². The zero-order valence-electron chi connectivity index (χ0n) is 36.9. The molecule has 330 valence electrons. The summed E-state index contributed by atoms with van der Waals surface area (Å²) in [6.07, 6.45) is 37.8. The molecule has 1 unspecified atom stereocenters. The SMILES string of the molecule is CCCCCCCCCCCC(=O)O.CCCCCCCCCCCC(=O)O.CCCCCCCCCCCC(=O)O[C@H]1CCC(CC)O1.CNC.O=CO. The van der Waals surface area contributed by atoms with Crippen molar-refractivity contribution in [1.29, 1.82) is 0 Å². The Kier molecular flexibility index (Phi) is 58.3. The minimum Gasteiger partial charge on any atom is -0.483 e. The Morgan fingerprint density at radius 1 is 0.545 bits per heavy atom. The van der Waals surface area contributed by atoms with Gasteiger partial charge in [0, 0.05) is 25.7 Å². The number of aliphatic carboxylic acids is 2. The van der Waals surface area contributed by atoms with Gasteiger partial charge in [-0.1, -0.05) is 182 Å². The molecule has 2 atom stereocenters. The first-order chi connectivity index (χ1) is 26.6. The molecule has 0 saturated carbocycles. The summed E-state index contributed by atoms with van der Waals surface area (Å²) in [4.78, 5) is 40.5. The lowest BCUT2D eigenvalue weighted by molar-refractivity contribution is -0.175. The van der Waals surface area contributed by atoms with Gasteiger partial charge in [0.2, 0.25) is 6.29 Å². The van der Waals surface area contributed by atoms with Crippen LogP contribution in [-0.2, 0) is 28.7 Å². The molecule has 0 aromatic carbocycles. The van der Waals surface area contributed by atoms with E-state index in [-0.39, 0.29) is 24.8 Å². The fourth-order valence-electron chi connectivity index (χ4n) is 6.02. The van der Waals surface area contributed by atoms with Crippen LogP contribution in [0.5, 0.6) is 0 Å². The van der Waals surface area contributed by atoms with E-state index in [9.17, 15) is 14.4 Å². The van der Waals surface area contributed by atoms with Crippen LogP contribution in [0.25, 0.3) is 0 Å². The summed E-state index contributed by atoms with van der Waals surface area (Å²) < 4.78 is 11.0. The van der Waals surface area contributed by atoms with E-state index in [1.165, 1.54) is 135 Å². The van der Waals surface area contributed by atoms with Gasteiger partial charge in [0.15, 0.2) is 0 Å². The zero-order valence-corrected chi connectivity index (χ0v) is 36.9. The molecule has 0 aromatic rings. The molecule has 1 rings (SSSR count). The zero-order chi connectivity index (χ0) is 42.0. The smallest absolute Gasteiger partial charge is 0.308 e. The molecule has 0 spiro atoms. The van der Waals surface area contributed by atoms with E-state index in [1.54, 1.807) is 0 Å². The summed E-state index contributed by atoms with van der Waals surface area (Å²) in [5, 5.41) is 26.5. The van der Waals surface area contributed by atoms with Gasteiger partial charge in [0.1, 0.15) is 0 Å². The van der Waals surface area contributed by atoms with Crippen LogP contribution in [0.2, 0.25) is 0 Å². The Morgan fingerprint density at radius 2 is 0.818 bits per heavy atom. The predicted octanol–water partition coefficient (Wildman–Crippen LogP) is 12.9. The number of carboxylic acid groups (broad SMARTS) is 3. The highest BCUT2D eigenvalue weighted by Gasteiger charge is 2.26. The minimum absolute atomic E-state index is 0.0836. The number of ether oxygens (including phenoxy) is 2. The van der Waals surface area contributed by atoms with Crippen molar-refractivity contribution in [2.24, 2.45) is 0 Å². The molecule has 0 radical (unpaired) electrons. The van der Waals surface area contributed by atoms with Crippen molar-refractivity contribution in [2.75, 3.05) is 14.1 Å². The van der Waals surface area contributed by atoms with E-state index in [1.807, 2.05) is 14.1 Å². The lowest BCUT2D eigenvalue weighted by Gasteiger charge is -2.13. The maximum atomic E-state index is 11.7. The van der Waals surface area contributed by atoms with E-state index < -0.39 is 11.9 Å². The number of carbonyl (C=O) groups excluding carboxylic acids is 1. The number of carbonyl (C=O) groups is 4. The van der Waals surface area contributed by atoms with Crippen LogP contribution in [0.4, 0.5) is 0 Å². The predicted molar refractivity (Wildman–Crippen MR) is 229 cm³/mol. The number of rotatable bonds is 32. The number of nitrogens with one attached hydrogen (secondary N) is 1. The highest BCUT2D eigenvalue weighted by atomic mass is 16.7. The molecule has 55 heavy (non-hydrogen) atoms. The molecular weight excluding hydrogens is 698 g/mol. The second kappa shape index (κ2) is 53.9. The molecule has 0 bridgehead atoms. The molecule has 1 saturated heterocycles. The Balaban J connectivity index is -0.000000339. The molecule has 10 heteroatoms. The molecule has 10 nitrogen and oxygen atoms in total. The van der Waals surface area contributed by atoms with Crippen LogP contribution in [0.1, 0.15) is 240 Å². The highest BCUT2D eigenvalue weighted by Crippen LogP contribution is 2.23. The summed E-state index contributed by atoms with van der Waals surface area (Å²) in [7, 11) is 3.75. The van der Waals surface area contributed by atoms with Gasteiger partial charge in [-0.15, -0.1) is 0 Å².